The summed E-state index contributed by atoms with van der Waals surface area (Å²) in [5.74, 6) is -0.445. The van der Waals surface area contributed by atoms with Gasteiger partial charge in [-0.05, 0) is 63.4 Å². The molecule has 0 aliphatic heterocycles. The van der Waals surface area contributed by atoms with Crippen LogP contribution in [0.2, 0.25) is 0 Å². The molecule has 1 atom stereocenters. The average Bonchev–Trinajstić information content (AvgIpc) is 2.81. The molecule has 0 radical (unpaired) electrons. The first-order chi connectivity index (χ1) is 17.2. The molecule has 10 heteroatoms. The van der Waals surface area contributed by atoms with Gasteiger partial charge in [0.05, 0.1) is 19.1 Å². The maximum atomic E-state index is 13.4. The third-order valence-electron chi connectivity index (χ3n) is 5.64. The maximum Gasteiger partial charge on any atom is 0.243 e. The Morgan fingerprint density at radius 3 is 2.30 bits per heavy atom. The fraction of sp³-hybridized carbons (Fsp3) is 0.481. The lowest BCUT2D eigenvalue weighted by atomic mass is 10.0. The molecule has 0 saturated carbocycles. The van der Waals surface area contributed by atoms with Crippen LogP contribution in [0.3, 0.4) is 0 Å². The van der Waals surface area contributed by atoms with Crippen molar-refractivity contribution in [1.82, 2.24) is 10.2 Å². The van der Waals surface area contributed by atoms with Crippen LogP contribution in [0.5, 0.6) is 5.75 Å². The van der Waals surface area contributed by atoms with Gasteiger partial charge in [-0.2, -0.15) is 0 Å². The van der Waals surface area contributed by atoms with Gasteiger partial charge >= 0.3 is 0 Å². The minimum Gasteiger partial charge on any atom is -0.497 e. The third-order valence-corrected chi connectivity index (χ3v) is 6.84. The highest BCUT2D eigenvalue weighted by atomic mass is 32.2. The van der Waals surface area contributed by atoms with Gasteiger partial charge in [0, 0.05) is 31.1 Å². The van der Waals surface area contributed by atoms with E-state index in [1.807, 2.05) is 27.7 Å². The Morgan fingerprint density at radius 1 is 1.11 bits per heavy atom. The van der Waals surface area contributed by atoms with Gasteiger partial charge in [-0.3, -0.25) is 13.9 Å². The largest absolute Gasteiger partial charge is 0.497 e. The number of carbonyl (C=O) groups excluding carboxylic acids is 2. The summed E-state index contributed by atoms with van der Waals surface area (Å²) in [5, 5.41) is 2.93. The van der Waals surface area contributed by atoms with Gasteiger partial charge in [-0.1, -0.05) is 25.1 Å². The summed E-state index contributed by atoms with van der Waals surface area (Å²) in [4.78, 5) is 28.0. The summed E-state index contributed by atoms with van der Waals surface area (Å²) in [6, 6.07) is 11.7. The molecular weight excluding hydrogens is 497 g/mol. The number of carbonyl (C=O) groups is 2. The summed E-state index contributed by atoms with van der Waals surface area (Å²) >= 11 is 0. The van der Waals surface area contributed by atoms with Crippen molar-refractivity contribution in [3.8, 4) is 5.75 Å². The van der Waals surface area contributed by atoms with Crippen LogP contribution in [0, 0.1) is 5.82 Å². The van der Waals surface area contributed by atoms with E-state index in [0.717, 1.165) is 6.26 Å². The number of anilines is 1. The number of halogens is 1. The van der Waals surface area contributed by atoms with Gasteiger partial charge in [0.25, 0.3) is 0 Å². The van der Waals surface area contributed by atoms with Crippen molar-refractivity contribution >= 4 is 27.5 Å². The molecule has 2 amide bonds. The van der Waals surface area contributed by atoms with E-state index in [4.69, 9.17) is 4.74 Å². The molecule has 1 unspecified atom stereocenters. The van der Waals surface area contributed by atoms with Crippen LogP contribution in [-0.2, 0) is 26.2 Å². The van der Waals surface area contributed by atoms with E-state index in [2.05, 4.69) is 5.32 Å². The van der Waals surface area contributed by atoms with Crippen LogP contribution in [0.25, 0.3) is 0 Å². The van der Waals surface area contributed by atoms with Crippen molar-refractivity contribution in [3.05, 3.63) is 59.9 Å². The predicted molar refractivity (Wildman–Crippen MR) is 143 cm³/mol. The van der Waals surface area contributed by atoms with Gasteiger partial charge in [-0.15, -0.1) is 0 Å². The molecular formula is C27H38FN3O5S. The number of nitrogens with one attached hydrogen (secondary N) is 1. The quantitative estimate of drug-likeness (QED) is 0.442. The number of benzene rings is 2. The van der Waals surface area contributed by atoms with Crippen LogP contribution >= 0.6 is 0 Å². The number of methoxy groups -OCH3 is 1. The van der Waals surface area contributed by atoms with Gasteiger partial charge in [-0.25, -0.2) is 12.8 Å². The number of nitrogens with zero attached hydrogens (tertiary/aromatic N) is 2. The molecule has 2 aromatic rings. The zero-order chi connectivity index (χ0) is 27.8. The van der Waals surface area contributed by atoms with Crippen molar-refractivity contribution in [3.63, 3.8) is 0 Å². The molecule has 0 saturated heterocycles. The van der Waals surface area contributed by atoms with Crippen molar-refractivity contribution in [1.29, 1.82) is 0 Å². The summed E-state index contributed by atoms with van der Waals surface area (Å²) in [6.07, 6.45) is 1.75. The fourth-order valence-corrected chi connectivity index (χ4v) is 4.89. The Morgan fingerprint density at radius 2 is 1.76 bits per heavy atom. The van der Waals surface area contributed by atoms with Crippen LogP contribution in [-0.4, -0.2) is 56.6 Å². The Labute approximate surface area is 219 Å². The second-order valence-electron chi connectivity index (χ2n) is 9.95. The predicted octanol–water partition coefficient (Wildman–Crippen LogP) is 4.10. The minimum absolute atomic E-state index is 0.0243. The Hall–Kier alpha value is -3.14. The average molecular weight is 536 g/mol. The Bertz CT molecular complexity index is 1160. The third kappa shape index (κ3) is 9.35. The van der Waals surface area contributed by atoms with Crippen LogP contribution in [0.1, 0.15) is 52.5 Å². The van der Waals surface area contributed by atoms with Gasteiger partial charge < -0.3 is 15.0 Å². The number of rotatable bonds is 12. The van der Waals surface area contributed by atoms with E-state index in [1.54, 1.807) is 36.4 Å². The Kier molecular flexibility index (Phi) is 10.5. The number of amides is 2. The van der Waals surface area contributed by atoms with E-state index in [1.165, 1.54) is 28.4 Å². The first-order valence-electron chi connectivity index (χ1n) is 12.2. The number of hydrogen-bond acceptors (Lipinski definition) is 5. The molecule has 1 N–H and O–H groups in total. The molecule has 0 spiro atoms. The highest BCUT2D eigenvalue weighted by molar-refractivity contribution is 7.92. The van der Waals surface area contributed by atoms with E-state index in [-0.39, 0.29) is 37.7 Å². The van der Waals surface area contributed by atoms with Gasteiger partial charge in [0.15, 0.2) is 0 Å². The van der Waals surface area contributed by atoms with Gasteiger partial charge in [0.2, 0.25) is 21.8 Å². The molecule has 8 nitrogen and oxygen atoms in total. The number of hydrogen-bond donors (Lipinski definition) is 1. The summed E-state index contributed by atoms with van der Waals surface area (Å²) < 4.78 is 44.9. The summed E-state index contributed by atoms with van der Waals surface area (Å²) in [6.45, 7) is 7.62. The van der Waals surface area contributed by atoms with E-state index in [9.17, 15) is 22.4 Å². The molecule has 0 aliphatic carbocycles. The fourth-order valence-electron chi connectivity index (χ4n) is 3.93. The second-order valence-corrected chi connectivity index (χ2v) is 11.9. The van der Waals surface area contributed by atoms with Crippen molar-refractivity contribution in [2.45, 2.75) is 65.1 Å². The van der Waals surface area contributed by atoms with Crippen molar-refractivity contribution < 1.29 is 27.1 Å². The van der Waals surface area contributed by atoms with E-state index in [0.29, 0.717) is 23.4 Å². The first-order valence-corrected chi connectivity index (χ1v) is 14.1. The number of ether oxygens (including phenoxy) is 1. The van der Waals surface area contributed by atoms with E-state index < -0.39 is 27.4 Å². The SMILES string of the molecule is CCC(C(=O)NC(C)(C)C)N(Cc1ccc(F)cc1)C(=O)CCCN(c1cccc(OC)c1)S(C)(=O)=O. The second kappa shape index (κ2) is 12.9. The highest BCUT2D eigenvalue weighted by Crippen LogP contribution is 2.24. The standard InChI is InChI=1S/C27H38FN3O5S/c1-7-24(26(33)29-27(2,3)4)30(19-20-13-15-21(28)16-14-20)25(32)12-9-17-31(37(6,34)35)22-10-8-11-23(18-22)36-5/h8,10-11,13-16,18,24H,7,9,12,17,19H2,1-6H3,(H,29,33). The van der Waals surface area contributed by atoms with Crippen LogP contribution in [0.4, 0.5) is 10.1 Å². The Balaban J connectivity index is 2.24. The lowest BCUT2D eigenvalue weighted by Gasteiger charge is -2.33. The molecule has 0 heterocycles. The zero-order valence-electron chi connectivity index (χ0n) is 22.5. The monoisotopic (exact) mass is 535 g/mol. The zero-order valence-corrected chi connectivity index (χ0v) is 23.3. The van der Waals surface area contributed by atoms with Crippen molar-refractivity contribution in [2.75, 3.05) is 24.2 Å². The highest BCUT2D eigenvalue weighted by Gasteiger charge is 2.30. The molecule has 37 heavy (non-hydrogen) atoms. The number of sulfonamides is 1. The summed E-state index contributed by atoms with van der Waals surface area (Å²) in [7, 11) is -2.12. The molecule has 2 aromatic carbocycles. The minimum atomic E-state index is -3.62. The van der Waals surface area contributed by atoms with Gasteiger partial charge in [0.1, 0.15) is 17.6 Å². The maximum absolute atomic E-state index is 13.4. The first kappa shape index (κ1) is 30.1. The molecule has 0 aliphatic rings. The van der Waals surface area contributed by atoms with Crippen LogP contribution < -0.4 is 14.4 Å². The normalized spacial score (nSPS) is 12.5. The lowest BCUT2D eigenvalue weighted by molar-refractivity contribution is -0.142. The lowest BCUT2D eigenvalue weighted by Crippen LogP contribution is -2.53. The topological polar surface area (TPSA) is 96.0 Å². The molecule has 0 fully saturated rings. The molecule has 0 aromatic heterocycles. The smallest absolute Gasteiger partial charge is 0.243 e. The van der Waals surface area contributed by atoms with Crippen LogP contribution in [0.15, 0.2) is 48.5 Å². The molecule has 2 rings (SSSR count). The molecule has 204 valence electrons. The summed E-state index contributed by atoms with van der Waals surface area (Å²) in [5.41, 5.74) is 0.640. The molecule has 0 bridgehead atoms. The van der Waals surface area contributed by atoms with Crippen molar-refractivity contribution in [2.24, 2.45) is 0 Å². The van der Waals surface area contributed by atoms with E-state index >= 15 is 0 Å².